The van der Waals surface area contributed by atoms with E-state index in [-0.39, 0.29) is 5.57 Å². The molecule has 0 aliphatic carbocycles. The van der Waals surface area contributed by atoms with Crippen molar-refractivity contribution in [2.45, 2.75) is 26.4 Å². The fourth-order valence-corrected chi connectivity index (χ4v) is 0.796. The maximum atomic E-state index is 12.3. The standard InChI is InChI=1S/C10H13F3/c1-4-6-7-9(8(3)5-2)10(11,12)13/h4,6-7H,3,5H2,1-2H3. The van der Waals surface area contributed by atoms with E-state index in [9.17, 15) is 13.2 Å². The second kappa shape index (κ2) is 4.90. The summed E-state index contributed by atoms with van der Waals surface area (Å²) in [7, 11) is 0. The zero-order valence-corrected chi connectivity index (χ0v) is 7.78. The summed E-state index contributed by atoms with van der Waals surface area (Å²) in [5.74, 6) is 0. The predicted octanol–water partition coefficient (Wildman–Crippen LogP) is 4.02. The minimum absolute atomic E-state index is 0.116. The van der Waals surface area contributed by atoms with Crippen LogP contribution in [0.3, 0.4) is 0 Å². The Morgan fingerprint density at radius 3 is 2.23 bits per heavy atom. The summed E-state index contributed by atoms with van der Waals surface area (Å²) in [5.41, 5.74) is -0.529. The van der Waals surface area contributed by atoms with Gasteiger partial charge in [-0.25, -0.2) is 0 Å². The molecule has 0 saturated heterocycles. The van der Waals surface area contributed by atoms with Gasteiger partial charge in [-0.05, 0) is 18.9 Å². The summed E-state index contributed by atoms with van der Waals surface area (Å²) in [5, 5.41) is 0. The van der Waals surface area contributed by atoms with Gasteiger partial charge in [0.1, 0.15) is 0 Å². The monoisotopic (exact) mass is 190 g/mol. The van der Waals surface area contributed by atoms with Gasteiger partial charge in [-0.15, -0.1) is 0 Å². The average Bonchev–Trinajstić information content (AvgIpc) is 2.02. The molecule has 0 nitrogen and oxygen atoms in total. The summed E-state index contributed by atoms with van der Waals surface area (Å²) in [6.45, 7) is 6.69. The molecule has 0 aliphatic rings. The van der Waals surface area contributed by atoms with E-state index in [1.165, 1.54) is 6.08 Å². The highest BCUT2D eigenvalue weighted by atomic mass is 19.4. The van der Waals surface area contributed by atoms with Crippen molar-refractivity contribution >= 4 is 0 Å². The van der Waals surface area contributed by atoms with Crippen LogP contribution in [0, 0.1) is 0 Å². The van der Waals surface area contributed by atoms with Crippen LogP contribution in [0.2, 0.25) is 0 Å². The topological polar surface area (TPSA) is 0 Å². The Morgan fingerprint density at radius 2 is 1.92 bits per heavy atom. The average molecular weight is 190 g/mol. The lowest BCUT2D eigenvalue weighted by Gasteiger charge is -2.11. The zero-order valence-electron chi connectivity index (χ0n) is 7.78. The third-order valence-electron chi connectivity index (χ3n) is 1.57. The van der Waals surface area contributed by atoms with Gasteiger partial charge in [0, 0.05) is 0 Å². The highest BCUT2D eigenvalue weighted by Gasteiger charge is 2.33. The quantitative estimate of drug-likeness (QED) is 0.589. The summed E-state index contributed by atoms with van der Waals surface area (Å²) in [6.07, 6.45) is -0.0281. The predicted molar refractivity (Wildman–Crippen MR) is 48.4 cm³/mol. The van der Waals surface area contributed by atoms with Gasteiger partial charge >= 0.3 is 6.18 Å². The first-order chi connectivity index (χ1) is 5.93. The van der Waals surface area contributed by atoms with Gasteiger partial charge in [0.05, 0.1) is 5.57 Å². The van der Waals surface area contributed by atoms with E-state index in [1.54, 1.807) is 19.9 Å². The van der Waals surface area contributed by atoms with E-state index in [0.29, 0.717) is 6.42 Å². The second-order valence-electron chi connectivity index (χ2n) is 2.56. The molecule has 0 heterocycles. The molecule has 0 aromatic rings. The van der Waals surface area contributed by atoms with Gasteiger partial charge in [-0.3, -0.25) is 0 Å². The van der Waals surface area contributed by atoms with Crippen LogP contribution < -0.4 is 0 Å². The number of hydrogen-bond donors (Lipinski definition) is 0. The van der Waals surface area contributed by atoms with Crippen LogP contribution in [0.15, 0.2) is 36.0 Å². The van der Waals surface area contributed by atoms with E-state index >= 15 is 0 Å². The maximum Gasteiger partial charge on any atom is 0.416 e. The molecular formula is C10H13F3. The van der Waals surface area contributed by atoms with E-state index in [4.69, 9.17) is 0 Å². The first-order valence-corrected chi connectivity index (χ1v) is 4.01. The van der Waals surface area contributed by atoms with Crippen LogP contribution in [0.25, 0.3) is 0 Å². The lowest BCUT2D eigenvalue weighted by molar-refractivity contribution is -0.0894. The van der Waals surface area contributed by atoms with E-state index in [1.807, 2.05) is 0 Å². The Bertz CT molecular complexity index is 231. The summed E-state index contributed by atoms with van der Waals surface area (Å²) in [6, 6.07) is 0. The molecule has 13 heavy (non-hydrogen) atoms. The van der Waals surface area contributed by atoms with Gasteiger partial charge < -0.3 is 0 Å². The fraction of sp³-hybridized carbons (Fsp3) is 0.400. The van der Waals surface area contributed by atoms with Crippen LogP contribution in [-0.4, -0.2) is 6.18 Å². The molecule has 0 bridgehead atoms. The Morgan fingerprint density at radius 1 is 1.38 bits per heavy atom. The zero-order chi connectivity index (χ0) is 10.5. The summed E-state index contributed by atoms with van der Waals surface area (Å²) >= 11 is 0. The lowest BCUT2D eigenvalue weighted by Crippen LogP contribution is -2.13. The first-order valence-electron chi connectivity index (χ1n) is 4.01. The Hall–Kier alpha value is -0.990. The van der Waals surface area contributed by atoms with E-state index < -0.39 is 11.7 Å². The van der Waals surface area contributed by atoms with Crippen molar-refractivity contribution in [3.63, 3.8) is 0 Å². The Labute approximate surface area is 76.5 Å². The van der Waals surface area contributed by atoms with Crippen molar-refractivity contribution in [1.29, 1.82) is 0 Å². The van der Waals surface area contributed by atoms with Crippen molar-refractivity contribution in [2.24, 2.45) is 0 Å². The highest BCUT2D eigenvalue weighted by Crippen LogP contribution is 2.31. The van der Waals surface area contributed by atoms with Crippen LogP contribution in [0.4, 0.5) is 13.2 Å². The molecule has 0 spiro atoms. The number of alkyl halides is 3. The number of halogens is 3. The molecule has 0 rings (SSSR count). The van der Waals surface area contributed by atoms with Crippen molar-refractivity contribution in [1.82, 2.24) is 0 Å². The lowest BCUT2D eigenvalue weighted by atomic mass is 10.0. The third kappa shape index (κ3) is 3.97. The van der Waals surface area contributed by atoms with Gasteiger partial charge in [0.25, 0.3) is 0 Å². The minimum Gasteiger partial charge on any atom is -0.166 e. The molecule has 0 fully saturated rings. The molecule has 0 atom stereocenters. The highest BCUT2D eigenvalue weighted by molar-refractivity contribution is 5.35. The molecule has 3 heteroatoms. The van der Waals surface area contributed by atoms with Gasteiger partial charge in [-0.1, -0.05) is 31.7 Å². The summed E-state index contributed by atoms with van der Waals surface area (Å²) < 4.78 is 37.0. The van der Waals surface area contributed by atoms with Crippen molar-refractivity contribution in [2.75, 3.05) is 0 Å². The molecule has 0 radical (unpaired) electrons. The molecule has 0 N–H and O–H groups in total. The van der Waals surface area contributed by atoms with Crippen molar-refractivity contribution in [3.05, 3.63) is 36.0 Å². The first kappa shape index (κ1) is 12.0. The molecule has 0 aromatic carbocycles. The van der Waals surface area contributed by atoms with E-state index in [2.05, 4.69) is 6.58 Å². The number of hydrogen-bond acceptors (Lipinski definition) is 0. The van der Waals surface area contributed by atoms with Crippen LogP contribution >= 0.6 is 0 Å². The van der Waals surface area contributed by atoms with Gasteiger partial charge in [0.2, 0.25) is 0 Å². The Balaban J connectivity index is 4.87. The largest absolute Gasteiger partial charge is 0.416 e. The summed E-state index contributed by atoms with van der Waals surface area (Å²) in [4.78, 5) is 0. The fourth-order valence-electron chi connectivity index (χ4n) is 0.796. The van der Waals surface area contributed by atoms with Crippen LogP contribution in [0.1, 0.15) is 20.3 Å². The van der Waals surface area contributed by atoms with Crippen LogP contribution in [-0.2, 0) is 0 Å². The Kier molecular flexibility index (Phi) is 4.52. The minimum atomic E-state index is -4.30. The molecular weight excluding hydrogens is 177 g/mol. The van der Waals surface area contributed by atoms with Gasteiger partial charge in [-0.2, -0.15) is 13.2 Å². The second-order valence-corrected chi connectivity index (χ2v) is 2.56. The number of rotatable bonds is 3. The van der Waals surface area contributed by atoms with Crippen LogP contribution in [0.5, 0.6) is 0 Å². The number of allylic oxidation sites excluding steroid dienone is 5. The molecule has 0 aromatic heterocycles. The maximum absolute atomic E-state index is 12.3. The third-order valence-corrected chi connectivity index (χ3v) is 1.57. The normalized spacial score (nSPS) is 13.8. The molecule has 0 amide bonds. The van der Waals surface area contributed by atoms with E-state index in [0.717, 1.165) is 6.08 Å². The smallest absolute Gasteiger partial charge is 0.166 e. The molecule has 0 saturated carbocycles. The molecule has 0 unspecified atom stereocenters. The van der Waals surface area contributed by atoms with Crippen molar-refractivity contribution in [3.8, 4) is 0 Å². The molecule has 0 aliphatic heterocycles. The molecule has 74 valence electrons. The van der Waals surface area contributed by atoms with Crippen molar-refractivity contribution < 1.29 is 13.2 Å². The SMILES string of the molecule is C=C(CC)C(=CC=CC)C(F)(F)F. The van der Waals surface area contributed by atoms with Gasteiger partial charge in [0.15, 0.2) is 0 Å².